The van der Waals surface area contributed by atoms with E-state index in [0.717, 1.165) is 50.0 Å². The average Bonchev–Trinajstić information content (AvgIpc) is 3.44. The van der Waals surface area contributed by atoms with Gasteiger partial charge in [-0.1, -0.05) is 53.4 Å². The number of nitrogens with one attached hydrogen (secondary N) is 1. The molecule has 3 heterocycles. The zero-order valence-corrected chi connectivity index (χ0v) is 30.8. The molecule has 0 unspecified atom stereocenters. The summed E-state index contributed by atoms with van der Waals surface area (Å²) in [7, 11) is 0. The molecular weight excluding hydrogens is 649 g/mol. The number of hydrogen-bond acceptors (Lipinski definition) is 10. The molecule has 1 aromatic rings. The molecule has 10 nitrogen and oxygen atoms in total. The largest absolute Gasteiger partial charge is 0.344 e. The Morgan fingerprint density at radius 3 is 2.27 bits per heavy atom. The molecule has 0 radical (unpaired) electrons. The Labute approximate surface area is 293 Å². The summed E-state index contributed by atoms with van der Waals surface area (Å²) in [5, 5.41) is 3.09. The fourth-order valence-corrected chi connectivity index (χ4v) is 10.7. The summed E-state index contributed by atoms with van der Waals surface area (Å²) >= 11 is 3.55. The lowest BCUT2D eigenvalue weighted by molar-refractivity contribution is -0.145. The molecule has 0 aromatic carbocycles. The molecule has 1 aromatic heterocycles. The van der Waals surface area contributed by atoms with Gasteiger partial charge >= 0.3 is 0 Å². The van der Waals surface area contributed by atoms with Gasteiger partial charge < -0.3 is 10.2 Å². The maximum Gasteiger partial charge on any atom is 0.246 e. The lowest BCUT2D eigenvalue weighted by atomic mass is 9.76. The molecule has 0 bridgehead atoms. The van der Waals surface area contributed by atoms with Crippen LogP contribution in [0.25, 0.3) is 0 Å². The topological polar surface area (TPSA) is 143 Å². The van der Waals surface area contributed by atoms with E-state index in [1.54, 1.807) is 28.4 Å². The first-order valence-corrected chi connectivity index (χ1v) is 19.5. The number of carbonyl (C=O) groups is 6. The third kappa shape index (κ3) is 9.55. The number of Topliss-reactive ketones (excluding diaryl/α,β-unsaturated/α-hetero) is 4. The number of rotatable bonds is 14. The van der Waals surface area contributed by atoms with E-state index < -0.39 is 40.9 Å². The fraction of sp³-hybridized carbons (Fsp3) is 0.722. The highest BCUT2D eigenvalue weighted by molar-refractivity contribution is 8.18. The molecule has 4 rings (SSSR count). The Morgan fingerprint density at radius 2 is 1.69 bits per heavy atom. The van der Waals surface area contributed by atoms with Gasteiger partial charge in [-0.3, -0.25) is 33.8 Å². The SMILES string of the molecule is CCC[C@H](CC(=O)[C@@H]1CC2(CN1C(=O)[C@@H](NC(=O)[C@@H](CC(=O)c1cnccn1)C1CCCCC1)C(C)(C)C)SCCCS2)C(=O)C(C)=O. The van der Waals surface area contributed by atoms with Gasteiger partial charge in [-0.05, 0) is 48.5 Å². The first-order chi connectivity index (χ1) is 22.8. The van der Waals surface area contributed by atoms with Gasteiger partial charge in [0.1, 0.15) is 11.7 Å². The third-order valence-corrected chi connectivity index (χ3v) is 13.3. The van der Waals surface area contributed by atoms with E-state index >= 15 is 0 Å². The van der Waals surface area contributed by atoms with Crippen molar-refractivity contribution in [3.8, 4) is 0 Å². The van der Waals surface area contributed by atoms with Crippen LogP contribution in [0.2, 0.25) is 0 Å². The maximum atomic E-state index is 14.7. The smallest absolute Gasteiger partial charge is 0.246 e. The molecule has 2 amide bonds. The lowest BCUT2D eigenvalue weighted by Gasteiger charge is -2.38. The molecule has 2 aliphatic heterocycles. The van der Waals surface area contributed by atoms with Crippen LogP contribution in [-0.4, -0.2) is 84.0 Å². The number of thioether (sulfide) groups is 2. The molecule has 48 heavy (non-hydrogen) atoms. The summed E-state index contributed by atoms with van der Waals surface area (Å²) in [5.74, 6) is -1.70. The van der Waals surface area contributed by atoms with E-state index in [0.29, 0.717) is 25.8 Å². The number of likely N-dealkylation sites (tertiary alicyclic amines) is 1. The van der Waals surface area contributed by atoms with Crippen LogP contribution in [0.15, 0.2) is 18.6 Å². The monoisotopic (exact) mass is 700 g/mol. The minimum absolute atomic E-state index is 0.00354. The molecule has 3 aliphatic rings. The number of hydrogen-bond donors (Lipinski definition) is 1. The van der Waals surface area contributed by atoms with Gasteiger partial charge in [-0.15, -0.1) is 23.5 Å². The zero-order valence-electron chi connectivity index (χ0n) is 29.1. The summed E-state index contributed by atoms with van der Waals surface area (Å²) in [4.78, 5) is 90.9. The molecule has 12 heteroatoms. The predicted octanol–water partition coefficient (Wildman–Crippen LogP) is 5.48. The second-order valence-electron chi connectivity index (χ2n) is 14.8. The fourth-order valence-electron chi connectivity index (χ4n) is 7.35. The van der Waals surface area contributed by atoms with Gasteiger partial charge in [0.25, 0.3) is 0 Å². The second kappa shape index (κ2) is 16.9. The predicted molar refractivity (Wildman–Crippen MR) is 189 cm³/mol. The molecular formula is C36H52N4O6S2. The van der Waals surface area contributed by atoms with Crippen molar-refractivity contribution in [1.82, 2.24) is 20.2 Å². The van der Waals surface area contributed by atoms with Gasteiger partial charge in [-0.25, -0.2) is 4.98 Å². The molecule has 1 aliphatic carbocycles. The summed E-state index contributed by atoms with van der Waals surface area (Å²) in [6.07, 6.45) is 11.6. The quantitative estimate of drug-likeness (QED) is 0.196. The van der Waals surface area contributed by atoms with Gasteiger partial charge in [0.05, 0.1) is 16.3 Å². The third-order valence-electron chi connectivity index (χ3n) is 9.98. The van der Waals surface area contributed by atoms with Crippen LogP contribution in [0, 0.1) is 23.2 Å². The Hall–Kier alpha value is -2.60. The molecule has 4 atom stereocenters. The highest BCUT2D eigenvalue weighted by Crippen LogP contribution is 2.51. The Bertz CT molecular complexity index is 1340. The van der Waals surface area contributed by atoms with Crippen LogP contribution < -0.4 is 5.32 Å². The van der Waals surface area contributed by atoms with E-state index in [1.807, 2.05) is 27.7 Å². The van der Waals surface area contributed by atoms with E-state index in [-0.39, 0.29) is 51.9 Å². The van der Waals surface area contributed by atoms with E-state index in [1.165, 1.54) is 25.5 Å². The first kappa shape index (κ1) is 38.2. The number of amides is 2. The van der Waals surface area contributed by atoms with Crippen molar-refractivity contribution in [1.29, 1.82) is 0 Å². The van der Waals surface area contributed by atoms with Crippen molar-refractivity contribution in [3.05, 3.63) is 24.3 Å². The molecule has 1 saturated carbocycles. The summed E-state index contributed by atoms with van der Waals surface area (Å²) in [6, 6.07) is -1.71. The molecule has 1 spiro atoms. The summed E-state index contributed by atoms with van der Waals surface area (Å²) in [5.41, 5.74) is -0.491. The average molecular weight is 701 g/mol. The number of nitrogens with zero attached hydrogens (tertiary/aromatic N) is 3. The van der Waals surface area contributed by atoms with E-state index in [4.69, 9.17) is 0 Å². The number of ketones is 4. The van der Waals surface area contributed by atoms with Gasteiger partial charge in [0, 0.05) is 57.0 Å². The highest BCUT2D eigenvalue weighted by Gasteiger charge is 2.53. The zero-order chi connectivity index (χ0) is 35.1. The molecule has 1 N–H and O–H groups in total. The van der Waals surface area contributed by atoms with Crippen LogP contribution in [0.4, 0.5) is 0 Å². The van der Waals surface area contributed by atoms with Crippen molar-refractivity contribution in [2.45, 2.75) is 121 Å². The van der Waals surface area contributed by atoms with E-state index in [9.17, 15) is 28.8 Å². The van der Waals surface area contributed by atoms with Crippen LogP contribution >= 0.6 is 23.5 Å². The van der Waals surface area contributed by atoms with Crippen molar-refractivity contribution >= 4 is 58.5 Å². The van der Waals surface area contributed by atoms with Crippen molar-refractivity contribution in [2.75, 3.05) is 18.1 Å². The standard InChI is InChI=1S/C36H52N4O6S2/c1-6-11-25(31(44)23(2)41)18-30(43)28-20-36(47-16-10-17-48-36)22-40(28)34(46)32(35(3,4)5)39-33(45)26(24-12-8-7-9-13-24)19-29(42)27-21-37-14-15-38-27/h14-15,21,24-26,28,32H,6-13,16-20,22H2,1-5H3,(H,39,45)/t25-,26+,28+,32-/m1/s1. The van der Waals surface area contributed by atoms with Crippen molar-refractivity contribution in [3.63, 3.8) is 0 Å². The van der Waals surface area contributed by atoms with Crippen molar-refractivity contribution < 1.29 is 28.8 Å². The Kier molecular flexibility index (Phi) is 13.4. The molecule has 2 saturated heterocycles. The van der Waals surface area contributed by atoms with Crippen LogP contribution in [0.5, 0.6) is 0 Å². The van der Waals surface area contributed by atoms with Crippen molar-refractivity contribution in [2.24, 2.45) is 23.2 Å². The Morgan fingerprint density at radius 1 is 1.00 bits per heavy atom. The van der Waals surface area contributed by atoms with Gasteiger partial charge in [0.2, 0.25) is 17.6 Å². The van der Waals surface area contributed by atoms with Gasteiger partial charge in [-0.2, -0.15) is 0 Å². The number of aromatic nitrogens is 2. The molecule has 3 fully saturated rings. The Balaban J connectivity index is 1.61. The van der Waals surface area contributed by atoms with Crippen LogP contribution in [0.1, 0.15) is 116 Å². The minimum atomic E-state index is -0.947. The maximum absolute atomic E-state index is 14.7. The first-order valence-electron chi connectivity index (χ1n) is 17.5. The lowest BCUT2D eigenvalue weighted by Crippen LogP contribution is -2.58. The van der Waals surface area contributed by atoms with Crippen LogP contribution in [0.3, 0.4) is 0 Å². The minimum Gasteiger partial charge on any atom is -0.344 e. The summed E-state index contributed by atoms with van der Waals surface area (Å²) in [6.45, 7) is 9.20. The number of carbonyl (C=O) groups excluding carboxylic acids is 6. The van der Waals surface area contributed by atoms with Gasteiger partial charge in [0.15, 0.2) is 17.3 Å². The summed E-state index contributed by atoms with van der Waals surface area (Å²) < 4.78 is -0.348. The molecule has 264 valence electrons. The normalized spacial score (nSPS) is 21.7. The second-order valence-corrected chi connectivity index (χ2v) is 18.0. The highest BCUT2D eigenvalue weighted by atomic mass is 32.2. The van der Waals surface area contributed by atoms with E-state index in [2.05, 4.69) is 15.3 Å². The van der Waals surface area contributed by atoms with Crippen LogP contribution in [-0.2, 0) is 24.0 Å².